The fraction of sp³-hybridized carbons (Fsp3) is 0.455. The summed E-state index contributed by atoms with van der Waals surface area (Å²) in [7, 11) is 1.73. The van der Waals surface area contributed by atoms with Gasteiger partial charge in [0.25, 0.3) is 11.5 Å². The van der Waals surface area contributed by atoms with Gasteiger partial charge < -0.3 is 9.88 Å². The lowest BCUT2D eigenvalue weighted by Gasteiger charge is -2.16. The van der Waals surface area contributed by atoms with Crippen LogP contribution in [-0.4, -0.2) is 29.4 Å². The fourth-order valence-electron chi connectivity index (χ4n) is 1.30. The highest BCUT2D eigenvalue weighted by atomic mass is 35.5. The lowest BCUT2D eigenvalue weighted by molar-refractivity contribution is 0.0793. The molecule has 1 N–H and O–H groups in total. The van der Waals surface area contributed by atoms with Gasteiger partial charge in [-0.05, 0) is 12.5 Å². The Labute approximate surface area is 99.2 Å². The van der Waals surface area contributed by atoms with Gasteiger partial charge in [-0.2, -0.15) is 0 Å². The molecule has 0 aliphatic rings. The molecule has 88 valence electrons. The molecule has 0 aliphatic heterocycles. The lowest BCUT2D eigenvalue weighted by Crippen LogP contribution is -2.28. The van der Waals surface area contributed by atoms with E-state index in [0.29, 0.717) is 12.1 Å². The molecule has 16 heavy (non-hydrogen) atoms. The Morgan fingerprint density at radius 2 is 2.25 bits per heavy atom. The Hall–Kier alpha value is -1.29. The molecule has 1 aromatic heterocycles. The fourth-order valence-corrected chi connectivity index (χ4v) is 1.47. The summed E-state index contributed by atoms with van der Waals surface area (Å²) in [5, 5.41) is 0.0368. The van der Waals surface area contributed by atoms with Crippen LogP contribution in [0.5, 0.6) is 0 Å². The van der Waals surface area contributed by atoms with Crippen LogP contribution in [0.4, 0.5) is 0 Å². The first-order valence-corrected chi connectivity index (χ1v) is 5.57. The van der Waals surface area contributed by atoms with Gasteiger partial charge in [-0.25, -0.2) is 0 Å². The maximum Gasteiger partial charge on any atom is 0.266 e. The summed E-state index contributed by atoms with van der Waals surface area (Å²) >= 11 is 5.65. The maximum absolute atomic E-state index is 11.9. The summed E-state index contributed by atoms with van der Waals surface area (Å²) < 4.78 is 0. The van der Waals surface area contributed by atoms with E-state index in [0.717, 1.165) is 12.8 Å². The third-order valence-electron chi connectivity index (χ3n) is 2.30. The standard InChI is InChI=1S/C11H15ClN2O2/c1-3-4-5-14(2)11(16)8-6-9(12)10(15)13-7-8/h6-7H,3-5H2,1-2H3,(H,13,15). The summed E-state index contributed by atoms with van der Waals surface area (Å²) in [5.74, 6) is -0.133. The zero-order chi connectivity index (χ0) is 12.1. The first-order valence-electron chi connectivity index (χ1n) is 5.20. The molecule has 0 saturated carbocycles. The molecule has 0 spiro atoms. The van der Waals surface area contributed by atoms with Gasteiger partial charge in [-0.3, -0.25) is 9.59 Å². The number of unbranched alkanes of at least 4 members (excludes halogenated alkanes) is 1. The minimum absolute atomic E-state index is 0.0368. The van der Waals surface area contributed by atoms with Gasteiger partial charge in [-0.15, -0.1) is 0 Å². The molecule has 0 saturated heterocycles. The molecule has 1 aromatic rings. The number of amides is 1. The number of rotatable bonds is 4. The van der Waals surface area contributed by atoms with E-state index < -0.39 is 0 Å². The van der Waals surface area contributed by atoms with Gasteiger partial charge in [0, 0.05) is 19.8 Å². The highest BCUT2D eigenvalue weighted by Gasteiger charge is 2.12. The first kappa shape index (κ1) is 12.8. The number of aromatic nitrogens is 1. The highest BCUT2D eigenvalue weighted by molar-refractivity contribution is 6.30. The van der Waals surface area contributed by atoms with Gasteiger partial charge in [0.15, 0.2) is 0 Å². The van der Waals surface area contributed by atoms with E-state index in [2.05, 4.69) is 11.9 Å². The normalized spacial score (nSPS) is 10.2. The largest absolute Gasteiger partial charge is 0.342 e. The molecule has 0 aliphatic carbocycles. The summed E-state index contributed by atoms with van der Waals surface area (Å²) in [6, 6.07) is 1.39. The van der Waals surface area contributed by atoms with Crippen LogP contribution in [0.15, 0.2) is 17.1 Å². The van der Waals surface area contributed by atoms with Crippen LogP contribution in [0.2, 0.25) is 5.02 Å². The van der Waals surface area contributed by atoms with Crippen molar-refractivity contribution in [3.8, 4) is 0 Å². The third-order valence-corrected chi connectivity index (χ3v) is 2.58. The molecule has 0 bridgehead atoms. The van der Waals surface area contributed by atoms with E-state index >= 15 is 0 Å². The number of aromatic amines is 1. The van der Waals surface area contributed by atoms with Crippen LogP contribution in [0, 0.1) is 0 Å². The molecule has 0 atom stereocenters. The van der Waals surface area contributed by atoms with E-state index in [4.69, 9.17) is 11.6 Å². The maximum atomic E-state index is 11.9. The van der Waals surface area contributed by atoms with Crippen LogP contribution in [0.1, 0.15) is 30.1 Å². The zero-order valence-electron chi connectivity index (χ0n) is 9.42. The third kappa shape index (κ3) is 3.10. The lowest BCUT2D eigenvalue weighted by atomic mass is 10.2. The first-order chi connectivity index (χ1) is 7.56. The number of carbonyl (C=O) groups excluding carboxylic acids is 1. The van der Waals surface area contributed by atoms with E-state index in [9.17, 15) is 9.59 Å². The average Bonchev–Trinajstić information content (AvgIpc) is 2.28. The van der Waals surface area contributed by atoms with Gasteiger partial charge in [0.2, 0.25) is 0 Å². The number of hydrogen-bond donors (Lipinski definition) is 1. The molecular weight excluding hydrogens is 228 g/mol. The quantitative estimate of drug-likeness (QED) is 0.877. The van der Waals surface area contributed by atoms with Gasteiger partial charge in [0.05, 0.1) is 5.56 Å². The minimum atomic E-state index is -0.380. The Kier molecular flexibility index (Phi) is 4.55. The average molecular weight is 243 g/mol. The summed E-state index contributed by atoms with van der Waals surface area (Å²) in [4.78, 5) is 26.9. The molecule has 1 amide bonds. The molecule has 0 fully saturated rings. The van der Waals surface area contributed by atoms with Crippen LogP contribution in [-0.2, 0) is 0 Å². The number of pyridine rings is 1. The van der Waals surface area contributed by atoms with Gasteiger partial charge in [0.1, 0.15) is 5.02 Å². The van der Waals surface area contributed by atoms with Crippen molar-refractivity contribution < 1.29 is 4.79 Å². The minimum Gasteiger partial charge on any atom is -0.342 e. The van der Waals surface area contributed by atoms with E-state index in [1.165, 1.54) is 12.3 Å². The van der Waals surface area contributed by atoms with E-state index in [-0.39, 0.29) is 16.5 Å². The van der Waals surface area contributed by atoms with E-state index in [1.807, 2.05) is 0 Å². The second-order valence-electron chi connectivity index (χ2n) is 3.65. The van der Waals surface area contributed by atoms with Gasteiger partial charge in [-0.1, -0.05) is 24.9 Å². The van der Waals surface area contributed by atoms with E-state index in [1.54, 1.807) is 11.9 Å². The summed E-state index contributed by atoms with van der Waals surface area (Å²) in [6.07, 6.45) is 3.38. The molecule has 1 rings (SSSR count). The zero-order valence-corrected chi connectivity index (χ0v) is 10.2. The smallest absolute Gasteiger partial charge is 0.266 e. The summed E-state index contributed by atoms with van der Waals surface area (Å²) in [5.41, 5.74) is 0.0256. The Bertz CT molecular complexity index is 428. The van der Waals surface area contributed by atoms with Crippen LogP contribution in [0.25, 0.3) is 0 Å². The number of hydrogen-bond acceptors (Lipinski definition) is 2. The number of carbonyl (C=O) groups is 1. The second kappa shape index (κ2) is 5.70. The molecule has 5 heteroatoms. The number of nitrogens with one attached hydrogen (secondary N) is 1. The predicted octanol–water partition coefficient (Wildman–Crippen LogP) is 1.90. The predicted molar refractivity (Wildman–Crippen MR) is 63.9 cm³/mol. The van der Waals surface area contributed by atoms with Crippen molar-refractivity contribution in [3.63, 3.8) is 0 Å². The van der Waals surface area contributed by atoms with Crippen molar-refractivity contribution in [2.45, 2.75) is 19.8 Å². The van der Waals surface area contributed by atoms with Gasteiger partial charge >= 0.3 is 0 Å². The Morgan fingerprint density at radius 1 is 1.56 bits per heavy atom. The molecule has 0 radical (unpaired) electrons. The van der Waals surface area contributed by atoms with Crippen LogP contribution < -0.4 is 5.56 Å². The molecule has 0 unspecified atom stereocenters. The monoisotopic (exact) mass is 242 g/mol. The molecule has 1 heterocycles. The van der Waals surface area contributed by atoms with Crippen LogP contribution >= 0.6 is 11.6 Å². The second-order valence-corrected chi connectivity index (χ2v) is 4.05. The highest BCUT2D eigenvalue weighted by Crippen LogP contribution is 2.07. The van der Waals surface area contributed by atoms with Crippen molar-refractivity contribution in [1.29, 1.82) is 0 Å². The van der Waals surface area contributed by atoms with Crippen molar-refractivity contribution in [2.24, 2.45) is 0 Å². The number of H-pyrrole nitrogens is 1. The molecule has 0 aromatic carbocycles. The molecule has 4 nitrogen and oxygen atoms in total. The topological polar surface area (TPSA) is 53.2 Å². The summed E-state index contributed by atoms with van der Waals surface area (Å²) in [6.45, 7) is 2.77. The molecular formula is C11H15ClN2O2. The van der Waals surface area contributed by atoms with Crippen molar-refractivity contribution in [2.75, 3.05) is 13.6 Å². The Balaban J connectivity index is 2.80. The van der Waals surface area contributed by atoms with Crippen molar-refractivity contribution in [1.82, 2.24) is 9.88 Å². The van der Waals surface area contributed by atoms with Crippen molar-refractivity contribution >= 4 is 17.5 Å². The van der Waals surface area contributed by atoms with Crippen LogP contribution in [0.3, 0.4) is 0 Å². The van der Waals surface area contributed by atoms with Crippen molar-refractivity contribution in [3.05, 3.63) is 33.2 Å². The number of halogens is 1. The SMILES string of the molecule is CCCCN(C)C(=O)c1c[nH]c(=O)c(Cl)c1. The Morgan fingerprint density at radius 3 is 2.81 bits per heavy atom. The number of nitrogens with zero attached hydrogens (tertiary/aromatic N) is 1.